The normalized spacial score (nSPS) is 15.4. The van der Waals surface area contributed by atoms with Gasteiger partial charge in [-0.15, -0.1) is 11.3 Å². The minimum Gasteiger partial charge on any atom is -0.490 e. The number of allylic oxidation sites excluding steroid dienone is 1. The van der Waals surface area contributed by atoms with Crippen LogP contribution in [0.5, 0.6) is 11.5 Å². The van der Waals surface area contributed by atoms with Crippen molar-refractivity contribution in [3.63, 3.8) is 0 Å². The van der Waals surface area contributed by atoms with E-state index in [2.05, 4.69) is 4.57 Å². The number of benzene rings is 1. The Balaban J connectivity index is 1.49. The van der Waals surface area contributed by atoms with Gasteiger partial charge in [-0.05, 0) is 108 Å². The summed E-state index contributed by atoms with van der Waals surface area (Å²) in [4.78, 5) is 59.5. The second kappa shape index (κ2) is 16.0. The zero-order valence-electron chi connectivity index (χ0n) is 31.0. The van der Waals surface area contributed by atoms with Crippen LogP contribution in [0, 0.1) is 13.8 Å². The molecule has 1 atom stereocenters. The van der Waals surface area contributed by atoms with E-state index in [0.717, 1.165) is 53.2 Å². The first-order valence-corrected chi connectivity index (χ1v) is 19.3. The Hall–Kier alpha value is -4.95. The van der Waals surface area contributed by atoms with Crippen molar-refractivity contribution in [1.82, 2.24) is 9.13 Å². The molecule has 0 fully saturated rings. The topological polar surface area (TPSA) is 137 Å². The zero-order chi connectivity index (χ0) is 38.0. The summed E-state index contributed by atoms with van der Waals surface area (Å²) in [6.45, 7) is 11.4. The van der Waals surface area contributed by atoms with Gasteiger partial charge in [0.2, 0.25) is 0 Å². The van der Waals surface area contributed by atoms with E-state index < -0.39 is 18.0 Å². The number of aryl methyl sites for hydroxylation is 2. The van der Waals surface area contributed by atoms with Crippen molar-refractivity contribution < 1.29 is 38.1 Å². The van der Waals surface area contributed by atoms with Gasteiger partial charge in [0.25, 0.3) is 5.56 Å². The number of methoxy groups -OCH3 is 1. The van der Waals surface area contributed by atoms with Crippen molar-refractivity contribution in [3.05, 3.63) is 93.7 Å². The number of hydrogen-bond acceptors (Lipinski definition) is 12. The Morgan fingerprint density at radius 2 is 1.66 bits per heavy atom. The van der Waals surface area contributed by atoms with Crippen LogP contribution in [0.2, 0.25) is 0 Å². The molecule has 12 nitrogen and oxygen atoms in total. The third-order valence-electron chi connectivity index (χ3n) is 9.27. The Morgan fingerprint density at radius 3 is 2.38 bits per heavy atom. The summed E-state index contributed by atoms with van der Waals surface area (Å²) in [5, 5.41) is 0.838. The molecule has 0 radical (unpaired) electrons. The molecule has 1 aromatic carbocycles. The fourth-order valence-electron chi connectivity index (χ4n) is 6.90. The van der Waals surface area contributed by atoms with Gasteiger partial charge in [-0.3, -0.25) is 9.36 Å². The predicted octanol–water partition coefficient (Wildman–Crippen LogP) is 5.27. The maximum Gasteiger partial charge on any atom is 0.343 e. The van der Waals surface area contributed by atoms with Gasteiger partial charge in [0, 0.05) is 16.3 Å². The molecule has 0 amide bonds. The minimum absolute atomic E-state index is 0.137. The number of aromatic nitrogens is 2. The maximum atomic E-state index is 14.5. The molecule has 0 unspecified atom stereocenters. The number of thiophene rings is 1. The molecule has 1 aliphatic heterocycles. The number of fused-ring (bicyclic) bond motifs is 2. The Kier molecular flexibility index (Phi) is 11.4. The summed E-state index contributed by atoms with van der Waals surface area (Å²) in [5.41, 5.74) is 5.21. The molecule has 1 aliphatic carbocycles. The maximum absolute atomic E-state index is 14.5. The van der Waals surface area contributed by atoms with Crippen LogP contribution in [0.4, 0.5) is 0 Å². The second-order valence-electron chi connectivity index (χ2n) is 12.6. The third kappa shape index (κ3) is 7.21. The molecule has 3 aromatic heterocycles. The molecular formula is C39H43N3O9S2. The van der Waals surface area contributed by atoms with E-state index in [1.807, 2.05) is 39.8 Å². The summed E-state index contributed by atoms with van der Waals surface area (Å²) in [6, 6.07) is 6.18. The molecule has 2 aliphatic rings. The lowest BCUT2D eigenvalue weighted by atomic mass is 9.95. The van der Waals surface area contributed by atoms with E-state index in [1.165, 1.54) is 27.9 Å². The molecule has 4 aromatic rings. The lowest BCUT2D eigenvalue weighted by Gasteiger charge is -2.25. The first-order valence-electron chi connectivity index (χ1n) is 17.7. The Labute approximate surface area is 314 Å². The van der Waals surface area contributed by atoms with Crippen molar-refractivity contribution in [3.8, 4) is 16.5 Å². The molecule has 0 spiro atoms. The van der Waals surface area contributed by atoms with Crippen molar-refractivity contribution >= 4 is 46.7 Å². The third-order valence-corrected chi connectivity index (χ3v) is 11.5. The Bertz CT molecular complexity index is 2310. The zero-order valence-corrected chi connectivity index (χ0v) is 32.6. The molecule has 14 heteroatoms. The van der Waals surface area contributed by atoms with E-state index in [0.29, 0.717) is 44.3 Å². The minimum atomic E-state index is -0.890. The molecule has 0 N–H and O–H groups in total. The highest BCUT2D eigenvalue weighted by Crippen LogP contribution is 2.40. The number of carbonyl (C=O) groups excluding carboxylic acids is 3. The van der Waals surface area contributed by atoms with E-state index in [1.54, 1.807) is 43.4 Å². The highest BCUT2D eigenvalue weighted by Gasteiger charge is 2.34. The van der Waals surface area contributed by atoms with E-state index in [9.17, 15) is 19.2 Å². The highest BCUT2D eigenvalue weighted by molar-refractivity contribution is 7.15. The van der Waals surface area contributed by atoms with Crippen molar-refractivity contribution in [2.24, 2.45) is 4.99 Å². The Morgan fingerprint density at radius 1 is 0.925 bits per heavy atom. The number of nitrogens with zero attached hydrogens (tertiary/aromatic N) is 3. The van der Waals surface area contributed by atoms with Crippen LogP contribution in [0.3, 0.4) is 0 Å². The molecule has 0 bridgehead atoms. The van der Waals surface area contributed by atoms with Crippen LogP contribution in [0.15, 0.2) is 45.3 Å². The van der Waals surface area contributed by atoms with Crippen molar-refractivity contribution in [2.75, 3.05) is 33.5 Å². The van der Waals surface area contributed by atoms with Gasteiger partial charge >= 0.3 is 17.9 Å². The molecule has 6 rings (SSSR count). The monoisotopic (exact) mass is 761 g/mol. The number of thiazole rings is 1. The van der Waals surface area contributed by atoms with Gasteiger partial charge in [0.05, 0.1) is 54.3 Å². The average molecular weight is 762 g/mol. The number of ether oxygens (including phenoxy) is 5. The molecule has 0 saturated carbocycles. The van der Waals surface area contributed by atoms with E-state index in [-0.39, 0.29) is 36.9 Å². The number of hydrogen-bond donors (Lipinski definition) is 0. The summed E-state index contributed by atoms with van der Waals surface area (Å²) in [7, 11) is 1.27. The molecule has 53 heavy (non-hydrogen) atoms. The van der Waals surface area contributed by atoms with Crippen molar-refractivity contribution in [2.45, 2.75) is 73.3 Å². The predicted molar refractivity (Wildman–Crippen MR) is 201 cm³/mol. The fraction of sp³-hybridized carbons (Fsp3) is 0.410. The summed E-state index contributed by atoms with van der Waals surface area (Å²) in [5.74, 6) is -0.815. The molecule has 4 heterocycles. The smallest absolute Gasteiger partial charge is 0.343 e. The summed E-state index contributed by atoms with van der Waals surface area (Å²) in [6.07, 6.45) is 5.74. The second-order valence-corrected chi connectivity index (χ2v) is 14.7. The van der Waals surface area contributed by atoms with Crippen molar-refractivity contribution in [1.29, 1.82) is 0 Å². The summed E-state index contributed by atoms with van der Waals surface area (Å²) < 4.78 is 31.3. The number of esters is 3. The number of carbonyl (C=O) groups is 3. The van der Waals surface area contributed by atoms with E-state index in [4.69, 9.17) is 28.7 Å². The SMILES string of the molecule is CCOC(=O)C1=C(C)N=c2s/c(=C\c3cc(C)n(-c4sc5c(c4C(=O)OCC)CCCC5)c3C)c(=O)n2[C@@H]1c1ccc(OCC(=O)OC)c(OCC)c1. The summed E-state index contributed by atoms with van der Waals surface area (Å²) >= 11 is 2.86. The first kappa shape index (κ1) is 37.8. The van der Waals surface area contributed by atoms with Crippen LogP contribution in [0.1, 0.15) is 89.9 Å². The number of rotatable bonds is 12. The average Bonchev–Trinajstić information content (AvgIpc) is 3.76. The molecular weight excluding hydrogens is 719 g/mol. The van der Waals surface area contributed by atoms with Crippen LogP contribution < -0.4 is 24.4 Å². The van der Waals surface area contributed by atoms with Gasteiger partial charge in [0.1, 0.15) is 5.00 Å². The lowest BCUT2D eigenvalue weighted by Crippen LogP contribution is -2.40. The molecule has 0 saturated heterocycles. The van der Waals surface area contributed by atoms with Gasteiger partial charge in [-0.25, -0.2) is 19.4 Å². The van der Waals surface area contributed by atoms with Crippen LogP contribution >= 0.6 is 22.7 Å². The van der Waals surface area contributed by atoms with Crippen LogP contribution in [0.25, 0.3) is 11.1 Å². The van der Waals surface area contributed by atoms with Crippen LogP contribution in [-0.2, 0) is 36.6 Å². The van der Waals surface area contributed by atoms with Gasteiger partial charge in [0.15, 0.2) is 22.9 Å². The highest BCUT2D eigenvalue weighted by atomic mass is 32.1. The van der Waals surface area contributed by atoms with E-state index >= 15 is 0 Å². The van der Waals surface area contributed by atoms with Gasteiger partial charge in [-0.2, -0.15) is 0 Å². The standard InChI is InChI=1S/C39H43N3O9S2/c1-8-48-28-18-24(15-16-27(28)51-20-31(43)47-7)34-32(37(45)49-9-2)22(5)40-39-42(34)35(44)30(53-39)19-25-17-21(4)41(23(25)6)36-33(38(46)50-10-3)26-13-11-12-14-29(26)52-36/h15-19,34H,8-14,20H2,1-7H3/b30-19-/t34-/m1/s1. The first-order chi connectivity index (χ1) is 25.5. The van der Waals surface area contributed by atoms with Gasteiger partial charge < -0.3 is 28.3 Å². The quantitative estimate of drug-likeness (QED) is 0.140. The fourth-order valence-corrected chi connectivity index (χ4v) is 9.42. The molecule has 280 valence electrons. The van der Waals surface area contributed by atoms with Gasteiger partial charge in [-0.1, -0.05) is 17.4 Å². The van der Waals surface area contributed by atoms with Crippen LogP contribution in [-0.4, -0.2) is 60.6 Å². The lowest BCUT2D eigenvalue weighted by molar-refractivity contribution is -0.143. The largest absolute Gasteiger partial charge is 0.490 e.